The Bertz CT molecular complexity index is 4790. The van der Waals surface area contributed by atoms with E-state index in [0.29, 0.717) is 37.8 Å². The Morgan fingerprint density at radius 1 is 0.675 bits per heavy atom. The number of fused-ring (bicyclic) bond motifs is 15. The number of ether oxygens (including phenoxy) is 7. The third-order valence-electron chi connectivity index (χ3n) is 24.3. The molecule has 5 aromatic carbocycles. The first-order valence-corrected chi connectivity index (χ1v) is 42.2. The second-order valence-corrected chi connectivity index (χ2v) is 34.7. The van der Waals surface area contributed by atoms with Crippen LogP contribution in [0.4, 0.5) is 0 Å². The Balaban J connectivity index is 1.01. The number of rotatable bonds is 22. The summed E-state index contributed by atoms with van der Waals surface area (Å²) in [7, 11) is 1.48. The van der Waals surface area contributed by atoms with Gasteiger partial charge < -0.3 is 133 Å². The molecule has 16 rings (SSSR count). The van der Waals surface area contributed by atoms with Crippen LogP contribution in [0.15, 0.2) is 78.9 Å². The molecular weight excluding hydrogens is 1650 g/mol. The van der Waals surface area contributed by atoms with Gasteiger partial charge >= 0.3 is 0 Å². The molecule has 38 heteroatoms. The Morgan fingerprint density at radius 3 is 1.92 bits per heavy atom. The van der Waals surface area contributed by atoms with Crippen LogP contribution in [-0.2, 0) is 62.1 Å². The summed E-state index contributed by atoms with van der Waals surface area (Å²) in [6, 6.07) is -0.0690. The van der Waals surface area contributed by atoms with Crippen molar-refractivity contribution in [2.45, 2.75) is 227 Å². The van der Waals surface area contributed by atoms with Crippen molar-refractivity contribution in [2.75, 3.05) is 33.4 Å². The van der Waals surface area contributed by atoms with Gasteiger partial charge in [0.2, 0.25) is 59.3 Å². The molecule has 5 aromatic rings. The molecule has 666 valence electrons. The summed E-state index contributed by atoms with van der Waals surface area (Å²) in [5, 5.41) is 133. The van der Waals surface area contributed by atoms with E-state index < -0.39 is 227 Å². The Kier molecular flexibility index (Phi) is 28.5. The molecule has 0 aromatic heterocycles. The monoisotopic (exact) mass is 1750 g/mol. The molecule has 15 bridgehead atoms. The summed E-state index contributed by atoms with van der Waals surface area (Å²) in [4.78, 5) is 138. The molecule has 11 aliphatic rings. The fourth-order valence-electron chi connectivity index (χ4n) is 18.1. The van der Waals surface area contributed by atoms with Crippen LogP contribution < -0.4 is 73.1 Å². The topological polar surface area (TPSA) is 547 Å². The molecule has 7 heterocycles. The molecule has 7 aliphatic heterocycles. The molecule has 19 atom stereocenters. The van der Waals surface area contributed by atoms with E-state index in [1.165, 1.54) is 52.1 Å². The van der Waals surface area contributed by atoms with Crippen molar-refractivity contribution >= 4 is 76.4 Å². The standard InChI is InChI=1S/C85H107Cl2N11O25/c1-8-90-17-9-10-18-117-37(5)76(109)92-60(103)32-52-78(111)94-65-45-28-57(119-55-15-12-41(26-49(55)86)69(104)67(82(115)91-52)97-77(110)51(89-7)19-35(2)3)73(123-84-74(72(107)71(106)59(34-99)121-84)122-61-33-85(6,88)75(108)36(4)118-61)58(29-45)120-56-16-13-42(27-50(56)87)70(105)68-83(116)96-66(81(114)93-63-43-21-38-20-39(23-43)24-44(63)22-38)48-30-46(100)31-54(102)62(48)47-25-40(11-14-53(47)101)64(79(112)98-68)95-80(65)113/h11-16,25-31,35-39,43-44,51-52,59,61,63-72,74-75,84,89-90,99-102,104-108H,8-10,17-24,32-34,88H2,1-7H3,(H,91,115)(H,93,114)(H,94,111)(H,95,113)(H,96,116)(H,97,110)(H,98,112)(H,92,103,109)/t36-,37?,38?,39?,43?,44?,51+,52-,59+,61-,63?,64+,65+,66-,67+,68-,69+,70+,71+,72-,74+,75+,84-,85-/m0/s1. The van der Waals surface area contributed by atoms with Gasteiger partial charge in [-0.15, -0.1) is 0 Å². The molecule has 6 fully saturated rings. The molecular formula is C85H107Cl2N11O25. The van der Waals surface area contributed by atoms with Crippen LogP contribution >= 0.6 is 23.2 Å². The van der Waals surface area contributed by atoms with Gasteiger partial charge in [0.05, 0.1) is 41.3 Å². The number of aliphatic hydroxyl groups is 6. The molecule has 4 aliphatic carbocycles. The minimum atomic E-state index is -2.41. The van der Waals surface area contributed by atoms with Crippen molar-refractivity contribution in [3.63, 3.8) is 0 Å². The number of carbonyl (C=O) groups is 9. The highest BCUT2D eigenvalue weighted by atomic mass is 35.5. The molecule has 21 N–H and O–H groups in total. The smallest absolute Gasteiger partial charge is 0.255 e. The van der Waals surface area contributed by atoms with E-state index >= 15 is 28.8 Å². The first kappa shape index (κ1) is 91.1. The number of aliphatic hydroxyl groups excluding tert-OH is 6. The molecule has 9 amide bonds. The first-order valence-electron chi connectivity index (χ1n) is 41.4. The number of unbranched alkanes of at least 4 members (excludes halogenated alkanes) is 1. The van der Waals surface area contributed by atoms with E-state index in [0.717, 1.165) is 86.7 Å². The van der Waals surface area contributed by atoms with E-state index in [1.807, 2.05) is 20.8 Å². The number of nitrogens with two attached hydrogens (primary N) is 1. The minimum absolute atomic E-state index is 0.0570. The fraction of sp³-hybridized carbons (Fsp3) is 0.541. The normalized spacial score (nSPS) is 31.0. The number of phenols is 3. The number of halogens is 2. The van der Waals surface area contributed by atoms with Crippen LogP contribution in [-0.4, -0.2) is 224 Å². The number of benzene rings is 5. The Hall–Kier alpha value is -9.61. The highest BCUT2D eigenvalue weighted by molar-refractivity contribution is 6.32. The number of likely N-dealkylation sites (N-methyl/N-ethyl adjacent to an activating group) is 1. The van der Waals surface area contributed by atoms with Crippen molar-refractivity contribution < 1.29 is 122 Å². The number of nitrogens with one attached hydrogen (secondary N) is 10. The van der Waals surface area contributed by atoms with Crippen LogP contribution in [0.2, 0.25) is 10.0 Å². The van der Waals surface area contributed by atoms with Gasteiger partial charge in [-0.1, -0.05) is 62.2 Å². The number of imide groups is 1. The molecule has 36 nitrogen and oxygen atoms in total. The summed E-state index contributed by atoms with van der Waals surface area (Å²) < 4.78 is 44.8. The van der Waals surface area contributed by atoms with E-state index in [2.05, 4.69) is 53.2 Å². The quantitative estimate of drug-likeness (QED) is 0.0443. The van der Waals surface area contributed by atoms with E-state index in [9.17, 15) is 60.3 Å². The third-order valence-corrected chi connectivity index (χ3v) is 24.9. The highest BCUT2D eigenvalue weighted by Gasteiger charge is 2.53. The van der Waals surface area contributed by atoms with Crippen LogP contribution in [0.3, 0.4) is 0 Å². The molecule has 1 unspecified atom stereocenters. The number of aromatic hydroxyl groups is 3. The Morgan fingerprint density at radius 2 is 1.30 bits per heavy atom. The maximum Gasteiger partial charge on any atom is 0.255 e. The van der Waals surface area contributed by atoms with Crippen LogP contribution in [0.1, 0.15) is 164 Å². The SMILES string of the molecule is CCNCCCCOC(C)C(=O)NC(=O)C[C@@H]1NC(=O)[C@H](NC(=O)[C@@H](CC(C)C)NC)[C@H](O)c2ccc(c(Cl)c2)Oc2cc3cc(c2O[C@@H]2O[C@H](CO)[C@@H](O)[C@H](O)[C@H]2O[C@H]2C[C@](C)(N)[C@H](O)[C@H](C)O2)Oc2ccc(cc2Cl)[C@@H](O)[C@@H]2NC(=O)[C@H](NC(=O)[C@@H]3NC1=O)c1ccc(O)c(c1)-c1c(O)cc(O)cc1[C@@H](C(=O)NC1C3CC4CC(C3)CC1C4)NC2=O. The van der Waals surface area contributed by atoms with Crippen molar-refractivity contribution in [3.05, 3.63) is 117 Å². The van der Waals surface area contributed by atoms with Gasteiger partial charge in [-0.05, 0) is 204 Å². The lowest BCUT2D eigenvalue weighted by Crippen LogP contribution is -2.64. The van der Waals surface area contributed by atoms with E-state index in [4.69, 9.17) is 62.1 Å². The highest BCUT2D eigenvalue weighted by Crippen LogP contribution is 2.55. The Labute approximate surface area is 718 Å². The van der Waals surface area contributed by atoms with Gasteiger partial charge in [-0.3, -0.25) is 48.5 Å². The molecule has 0 radical (unpaired) electrons. The third kappa shape index (κ3) is 20.2. The van der Waals surface area contributed by atoms with Crippen LogP contribution in [0, 0.1) is 29.6 Å². The van der Waals surface area contributed by atoms with Crippen molar-refractivity contribution in [2.24, 2.45) is 35.3 Å². The maximum absolute atomic E-state index is 16.6. The van der Waals surface area contributed by atoms with Gasteiger partial charge in [0.25, 0.3) is 5.91 Å². The zero-order chi connectivity index (χ0) is 88.5. The number of hydrogen-bond acceptors (Lipinski definition) is 28. The van der Waals surface area contributed by atoms with Gasteiger partial charge in [-0.25, -0.2) is 0 Å². The van der Waals surface area contributed by atoms with Crippen molar-refractivity contribution in [3.8, 4) is 57.1 Å². The summed E-state index contributed by atoms with van der Waals surface area (Å²) >= 11 is 14.5. The summed E-state index contributed by atoms with van der Waals surface area (Å²) in [6.07, 6.45) is -14.6. The van der Waals surface area contributed by atoms with Gasteiger partial charge in [-0.2, -0.15) is 0 Å². The lowest BCUT2D eigenvalue weighted by atomic mass is 9.54. The van der Waals surface area contributed by atoms with Crippen LogP contribution in [0.5, 0.6) is 46.0 Å². The number of hydrogen-bond donors (Lipinski definition) is 20. The predicted molar refractivity (Wildman–Crippen MR) is 438 cm³/mol. The fourth-order valence-corrected chi connectivity index (χ4v) is 18.5. The first-order chi connectivity index (χ1) is 58.5. The maximum atomic E-state index is 16.6. The van der Waals surface area contributed by atoms with Crippen LogP contribution in [0.25, 0.3) is 11.1 Å². The van der Waals surface area contributed by atoms with Gasteiger partial charge in [0.1, 0.15) is 102 Å². The zero-order valence-electron chi connectivity index (χ0n) is 68.7. The van der Waals surface area contributed by atoms with E-state index in [-0.39, 0.29) is 93.1 Å². The largest absolute Gasteiger partial charge is 0.508 e. The van der Waals surface area contributed by atoms with Gasteiger partial charge in [0, 0.05) is 41.8 Å². The zero-order valence-corrected chi connectivity index (χ0v) is 70.2. The molecule has 4 saturated carbocycles. The van der Waals surface area contributed by atoms with E-state index in [1.54, 1.807) is 0 Å². The lowest BCUT2D eigenvalue weighted by molar-refractivity contribution is -0.333. The summed E-state index contributed by atoms with van der Waals surface area (Å²) in [5.41, 5.74) is 2.94. The molecule has 2 saturated heterocycles. The van der Waals surface area contributed by atoms with Gasteiger partial charge in [0.15, 0.2) is 23.9 Å². The minimum Gasteiger partial charge on any atom is -0.508 e. The number of carbonyl (C=O) groups excluding carboxylic acids is 9. The second kappa shape index (κ2) is 38.5. The molecule has 0 spiro atoms. The predicted octanol–water partition coefficient (Wildman–Crippen LogP) is 2.91. The average molecular weight is 1750 g/mol. The average Bonchev–Trinajstić information content (AvgIpc) is 0.739. The number of phenolic OH excluding ortho intramolecular Hbond substituents is 3. The lowest BCUT2D eigenvalue weighted by Gasteiger charge is -2.54. The summed E-state index contributed by atoms with van der Waals surface area (Å²) in [5.74, 6) is -14.6. The summed E-state index contributed by atoms with van der Waals surface area (Å²) in [6.45, 7) is 10.4. The second-order valence-electron chi connectivity index (χ2n) is 33.9. The van der Waals surface area contributed by atoms with Crippen molar-refractivity contribution in [1.29, 1.82) is 0 Å². The molecule has 123 heavy (non-hydrogen) atoms. The number of amides is 9. The van der Waals surface area contributed by atoms with Crippen molar-refractivity contribution in [1.82, 2.24) is 53.2 Å².